The van der Waals surface area contributed by atoms with Crippen molar-refractivity contribution in [2.24, 2.45) is 0 Å². The molecule has 0 saturated heterocycles. The fraction of sp³-hybridized carbons (Fsp3) is 0.294. The molecule has 6 nitrogen and oxygen atoms in total. The highest BCUT2D eigenvalue weighted by atomic mass is 32.1. The topological polar surface area (TPSA) is 69.4 Å². The minimum atomic E-state index is -0.115. The average molecular weight is 343 g/mol. The van der Waals surface area contributed by atoms with Crippen molar-refractivity contribution in [3.8, 4) is 22.2 Å². The van der Waals surface area contributed by atoms with Gasteiger partial charge in [-0.15, -0.1) is 11.3 Å². The van der Waals surface area contributed by atoms with E-state index >= 15 is 0 Å². The van der Waals surface area contributed by atoms with Crippen LogP contribution in [-0.4, -0.2) is 23.4 Å². The lowest BCUT2D eigenvalue weighted by Crippen LogP contribution is -2.07. The second kappa shape index (κ2) is 6.52. The van der Waals surface area contributed by atoms with Gasteiger partial charge in [-0.3, -0.25) is 0 Å². The molecule has 0 amide bonds. The third-order valence-corrected chi connectivity index (χ3v) is 4.55. The number of aromatic nitrogens is 2. The first-order valence-electron chi connectivity index (χ1n) is 7.83. The van der Waals surface area contributed by atoms with Gasteiger partial charge >= 0.3 is 0 Å². The Bertz CT molecular complexity index is 816. The highest BCUT2D eigenvalue weighted by Gasteiger charge is 2.17. The number of nitrogens with one attached hydrogen (secondary N) is 1. The molecule has 2 aromatic heterocycles. The van der Waals surface area contributed by atoms with Gasteiger partial charge in [0.15, 0.2) is 11.5 Å². The number of hydrogen-bond acceptors (Lipinski definition) is 7. The lowest BCUT2D eigenvalue weighted by atomic mass is 10.2. The van der Waals surface area contributed by atoms with Gasteiger partial charge in [0.1, 0.15) is 6.04 Å². The van der Waals surface area contributed by atoms with Crippen LogP contribution in [0.3, 0.4) is 0 Å². The van der Waals surface area contributed by atoms with Crippen LogP contribution in [0.5, 0.6) is 11.5 Å². The van der Waals surface area contributed by atoms with Gasteiger partial charge < -0.3 is 19.3 Å². The lowest BCUT2D eigenvalue weighted by Gasteiger charge is -2.13. The normalized spacial score (nSPS) is 14.9. The highest BCUT2D eigenvalue weighted by molar-refractivity contribution is 7.13. The Morgan fingerprint density at radius 2 is 2.04 bits per heavy atom. The van der Waals surface area contributed by atoms with Crippen LogP contribution in [-0.2, 0) is 0 Å². The Hall–Kier alpha value is -2.54. The minimum absolute atomic E-state index is 0.115. The summed E-state index contributed by atoms with van der Waals surface area (Å²) in [5.74, 6) is 2.70. The van der Waals surface area contributed by atoms with E-state index in [0.717, 1.165) is 28.5 Å². The summed E-state index contributed by atoms with van der Waals surface area (Å²) in [5.41, 5.74) is 0.919. The average Bonchev–Trinajstić information content (AvgIpc) is 3.22. The van der Waals surface area contributed by atoms with Crippen LogP contribution in [0.15, 0.2) is 40.2 Å². The summed E-state index contributed by atoms with van der Waals surface area (Å²) in [7, 11) is 0. The standard InChI is InChI=1S/C17H17N3O3S/c1-11(17-19-16(20-23-17)15-4-2-9-24-15)18-12-5-6-13-14(10-12)22-8-3-7-21-13/h2,4-6,9-11,18H,3,7-8H2,1H3. The highest BCUT2D eigenvalue weighted by Crippen LogP contribution is 2.33. The molecule has 0 radical (unpaired) electrons. The molecule has 3 aromatic rings. The maximum Gasteiger partial charge on any atom is 0.249 e. The summed E-state index contributed by atoms with van der Waals surface area (Å²) in [6, 6.07) is 9.64. The van der Waals surface area contributed by atoms with Gasteiger partial charge in [0.05, 0.1) is 18.1 Å². The zero-order valence-electron chi connectivity index (χ0n) is 13.2. The van der Waals surface area contributed by atoms with Crippen LogP contribution in [0.1, 0.15) is 25.3 Å². The molecule has 1 aliphatic rings. The molecule has 0 aliphatic carbocycles. The zero-order chi connectivity index (χ0) is 16.4. The lowest BCUT2D eigenvalue weighted by molar-refractivity contribution is 0.297. The Balaban J connectivity index is 1.50. The molecule has 3 heterocycles. The van der Waals surface area contributed by atoms with E-state index in [2.05, 4.69) is 15.5 Å². The molecule has 0 saturated carbocycles. The predicted octanol–water partition coefficient (Wildman–Crippen LogP) is 4.13. The van der Waals surface area contributed by atoms with Gasteiger partial charge in [-0.05, 0) is 30.5 Å². The van der Waals surface area contributed by atoms with E-state index in [1.54, 1.807) is 11.3 Å². The van der Waals surface area contributed by atoms with Crippen LogP contribution in [0.4, 0.5) is 5.69 Å². The summed E-state index contributed by atoms with van der Waals surface area (Å²) in [4.78, 5) is 5.46. The van der Waals surface area contributed by atoms with Crippen molar-refractivity contribution in [3.05, 3.63) is 41.6 Å². The maximum absolute atomic E-state index is 5.71. The maximum atomic E-state index is 5.71. The number of hydrogen-bond donors (Lipinski definition) is 1. The van der Waals surface area contributed by atoms with Gasteiger partial charge in [0.2, 0.25) is 11.7 Å². The van der Waals surface area contributed by atoms with E-state index in [9.17, 15) is 0 Å². The number of anilines is 1. The van der Waals surface area contributed by atoms with Crippen molar-refractivity contribution in [2.75, 3.05) is 18.5 Å². The summed E-state index contributed by atoms with van der Waals surface area (Å²) in [6.07, 6.45) is 0.890. The van der Waals surface area contributed by atoms with Gasteiger partial charge in [-0.2, -0.15) is 4.98 Å². The van der Waals surface area contributed by atoms with Gasteiger partial charge in [-0.25, -0.2) is 0 Å². The van der Waals surface area contributed by atoms with Crippen molar-refractivity contribution < 1.29 is 14.0 Å². The largest absolute Gasteiger partial charge is 0.490 e. The van der Waals surface area contributed by atoms with E-state index < -0.39 is 0 Å². The Morgan fingerprint density at radius 1 is 1.17 bits per heavy atom. The number of nitrogens with zero attached hydrogens (tertiary/aromatic N) is 2. The summed E-state index contributed by atoms with van der Waals surface area (Å²) >= 11 is 1.59. The molecular weight excluding hydrogens is 326 g/mol. The number of benzene rings is 1. The van der Waals surface area contributed by atoms with Crippen molar-refractivity contribution >= 4 is 17.0 Å². The first-order chi connectivity index (χ1) is 11.8. The van der Waals surface area contributed by atoms with E-state index in [1.807, 2.05) is 42.6 Å². The predicted molar refractivity (Wildman–Crippen MR) is 91.7 cm³/mol. The molecule has 4 rings (SSSR count). The van der Waals surface area contributed by atoms with Crippen molar-refractivity contribution in [2.45, 2.75) is 19.4 Å². The number of fused-ring (bicyclic) bond motifs is 1. The minimum Gasteiger partial charge on any atom is -0.490 e. The molecule has 1 N–H and O–H groups in total. The summed E-state index contributed by atoms with van der Waals surface area (Å²) in [5, 5.41) is 9.39. The monoisotopic (exact) mass is 343 g/mol. The van der Waals surface area contributed by atoms with Crippen LogP contribution in [0, 0.1) is 0 Å². The van der Waals surface area contributed by atoms with E-state index in [4.69, 9.17) is 14.0 Å². The number of thiophene rings is 1. The van der Waals surface area contributed by atoms with Crippen molar-refractivity contribution in [1.29, 1.82) is 0 Å². The fourth-order valence-corrected chi connectivity index (χ4v) is 3.13. The van der Waals surface area contributed by atoms with E-state index in [-0.39, 0.29) is 6.04 Å². The van der Waals surface area contributed by atoms with Gasteiger partial charge in [0, 0.05) is 18.2 Å². The fourth-order valence-electron chi connectivity index (χ4n) is 2.48. The molecule has 0 fully saturated rings. The van der Waals surface area contributed by atoms with Crippen molar-refractivity contribution in [1.82, 2.24) is 10.1 Å². The number of ether oxygens (including phenoxy) is 2. The second-order valence-corrected chi connectivity index (χ2v) is 6.46. The Labute approximate surface area is 143 Å². The van der Waals surface area contributed by atoms with Crippen LogP contribution >= 0.6 is 11.3 Å². The van der Waals surface area contributed by atoms with Crippen molar-refractivity contribution in [3.63, 3.8) is 0 Å². The first-order valence-corrected chi connectivity index (χ1v) is 8.71. The Kier molecular flexibility index (Phi) is 4.08. The van der Waals surface area contributed by atoms with Gasteiger partial charge in [-0.1, -0.05) is 11.2 Å². The summed E-state index contributed by atoms with van der Waals surface area (Å²) in [6.45, 7) is 3.33. The Morgan fingerprint density at radius 3 is 2.88 bits per heavy atom. The second-order valence-electron chi connectivity index (χ2n) is 5.51. The quantitative estimate of drug-likeness (QED) is 0.768. The smallest absolute Gasteiger partial charge is 0.249 e. The summed E-state index contributed by atoms with van der Waals surface area (Å²) < 4.78 is 16.7. The molecule has 24 heavy (non-hydrogen) atoms. The molecule has 1 aromatic carbocycles. The molecular formula is C17H17N3O3S. The third kappa shape index (κ3) is 3.07. The van der Waals surface area contributed by atoms with Gasteiger partial charge in [0.25, 0.3) is 0 Å². The van der Waals surface area contributed by atoms with E-state index in [1.165, 1.54) is 0 Å². The van der Waals surface area contributed by atoms with Crippen LogP contribution in [0.25, 0.3) is 10.7 Å². The molecule has 1 atom stereocenters. The zero-order valence-corrected chi connectivity index (χ0v) is 14.0. The first kappa shape index (κ1) is 15.0. The molecule has 1 unspecified atom stereocenters. The van der Waals surface area contributed by atoms with Crippen LogP contribution in [0.2, 0.25) is 0 Å². The molecule has 1 aliphatic heterocycles. The number of rotatable bonds is 4. The molecule has 0 spiro atoms. The molecule has 0 bridgehead atoms. The van der Waals surface area contributed by atoms with Crippen LogP contribution < -0.4 is 14.8 Å². The molecule has 124 valence electrons. The third-order valence-electron chi connectivity index (χ3n) is 3.68. The SMILES string of the molecule is CC(Nc1ccc2c(c1)OCCCO2)c1nc(-c2cccs2)no1. The van der Waals surface area contributed by atoms with E-state index in [0.29, 0.717) is 24.9 Å². The molecule has 7 heteroatoms.